The molecule has 32 heavy (non-hydrogen) atoms. The van der Waals surface area contributed by atoms with Gasteiger partial charge in [-0.3, -0.25) is 0 Å². The Hall–Kier alpha value is -3.13. The van der Waals surface area contributed by atoms with Crippen LogP contribution >= 0.6 is 0 Å². The highest BCUT2D eigenvalue weighted by Crippen LogP contribution is 2.29. The minimum absolute atomic E-state index is 0.360. The number of guanidine groups is 1. The van der Waals surface area contributed by atoms with Crippen molar-refractivity contribution in [3.8, 4) is 23.0 Å². The fraction of sp³-hybridized carbons (Fsp3) is 0.458. The van der Waals surface area contributed by atoms with Gasteiger partial charge in [0.15, 0.2) is 29.0 Å². The van der Waals surface area contributed by atoms with Gasteiger partial charge in [-0.05, 0) is 48.5 Å². The van der Waals surface area contributed by atoms with Crippen LogP contribution in [-0.4, -0.2) is 58.4 Å². The zero-order valence-corrected chi connectivity index (χ0v) is 19.8. The highest BCUT2D eigenvalue weighted by atomic mass is 16.5. The minimum Gasteiger partial charge on any atom is -0.493 e. The van der Waals surface area contributed by atoms with Gasteiger partial charge in [-0.2, -0.15) is 0 Å². The standard InChI is InChI=1S/C24H36N4O4/c1-6-28(7-2)12-13-32-21-11-9-19(15-23(21)31-5)17-27-24(25)26-16-18-8-10-20(29-3)22(14-18)30-4/h8-11,14-15H,6-7,12-13,16-17H2,1-5H3,(H3,25,26,27). The SMILES string of the molecule is CCN(CC)CCOc1ccc(CNC(N)=NCc2ccc(OC)c(OC)c2)cc1OC. The van der Waals surface area contributed by atoms with Crippen LogP contribution in [0.4, 0.5) is 0 Å². The summed E-state index contributed by atoms with van der Waals surface area (Å²) in [5.41, 5.74) is 8.03. The van der Waals surface area contributed by atoms with E-state index in [2.05, 4.69) is 29.1 Å². The van der Waals surface area contributed by atoms with Crippen molar-refractivity contribution in [3.63, 3.8) is 0 Å². The van der Waals surface area contributed by atoms with E-state index in [-0.39, 0.29) is 0 Å². The first-order valence-electron chi connectivity index (χ1n) is 10.8. The number of nitrogens with two attached hydrogens (primary N) is 1. The number of ether oxygens (including phenoxy) is 4. The second-order valence-corrected chi connectivity index (χ2v) is 7.10. The zero-order valence-electron chi connectivity index (χ0n) is 19.8. The van der Waals surface area contributed by atoms with Crippen LogP contribution in [-0.2, 0) is 13.1 Å². The van der Waals surface area contributed by atoms with Gasteiger partial charge in [0.05, 0.1) is 27.9 Å². The molecule has 176 valence electrons. The predicted octanol–water partition coefficient (Wildman–Crippen LogP) is 3.04. The third-order valence-electron chi connectivity index (χ3n) is 5.14. The van der Waals surface area contributed by atoms with E-state index in [1.54, 1.807) is 21.3 Å². The molecule has 0 saturated carbocycles. The van der Waals surface area contributed by atoms with Gasteiger partial charge in [0.2, 0.25) is 0 Å². The first-order valence-corrected chi connectivity index (χ1v) is 10.8. The molecule has 3 N–H and O–H groups in total. The van der Waals surface area contributed by atoms with Crippen LogP contribution < -0.4 is 30.0 Å². The van der Waals surface area contributed by atoms with Crippen LogP contribution in [0.3, 0.4) is 0 Å². The molecule has 8 heteroatoms. The van der Waals surface area contributed by atoms with Crippen molar-refractivity contribution in [3.05, 3.63) is 47.5 Å². The lowest BCUT2D eigenvalue weighted by atomic mass is 10.2. The topological polar surface area (TPSA) is 90.6 Å². The molecule has 0 unspecified atom stereocenters. The van der Waals surface area contributed by atoms with E-state index < -0.39 is 0 Å². The Bertz CT molecular complexity index is 869. The number of nitrogens with zero attached hydrogens (tertiary/aromatic N) is 2. The number of likely N-dealkylation sites (N-methyl/N-ethyl adjacent to an activating group) is 1. The maximum absolute atomic E-state index is 6.04. The number of methoxy groups -OCH3 is 3. The van der Waals surface area contributed by atoms with Crippen molar-refractivity contribution < 1.29 is 18.9 Å². The van der Waals surface area contributed by atoms with Gasteiger partial charge in [0.1, 0.15) is 6.61 Å². The van der Waals surface area contributed by atoms with Gasteiger partial charge < -0.3 is 34.9 Å². The lowest BCUT2D eigenvalue weighted by Gasteiger charge is -2.19. The number of hydrogen-bond acceptors (Lipinski definition) is 6. The second kappa shape index (κ2) is 13.3. The van der Waals surface area contributed by atoms with E-state index >= 15 is 0 Å². The summed E-state index contributed by atoms with van der Waals surface area (Å²) in [4.78, 5) is 6.71. The smallest absolute Gasteiger partial charge is 0.189 e. The molecule has 2 aromatic rings. The van der Waals surface area contributed by atoms with Crippen LogP contribution in [0.1, 0.15) is 25.0 Å². The summed E-state index contributed by atoms with van der Waals surface area (Å²) in [7, 11) is 4.86. The van der Waals surface area contributed by atoms with Crippen LogP contribution in [0.25, 0.3) is 0 Å². The normalized spacial score (nSPS) is 11.4. The third kappa shape index (κ3) is 7.53. The van der Waals surface area contributed by atoms with Crippen molar-refractivity contribution in [2.45, 2.75) is 26.9 Å². The number of rotatable bonds is 13. The van der Waals surface area contributed by atoms with E-state index in [1.165, 1.54) is 0 Å². The zero-order chi connectivity index (χ0) is 23.3. The maximum atomic E-state index is 6.04. The Morgan fingerprint density at radius 3 is 2.12 bits per heavy atom. The van der Waals surface area contributed by atoms with Crippen molar-refractivity contribution in [2.24, 2.45) is 10.7 Å². The summed E-state index contributed by atoms with van der Waals surface area (Å²) in [5.74, 6) is 3.14. The van der Waals surface area contributed by atoms with Gasteiger partial charge in [-0.15, -0.1) is 0 Å². The average Bonchev–Trinajstić information content (AvgIpc) is 2.84. The molecule has 2 aromatic carbocycles. The Labute approximate surface area is 191 Å². The number of aliphatic imine (C=N–C) groups is 1. The highest BCUT2D eigenvalue weighted by molar-refractivity contribution is 5.77. The van der Waals surface area contributed by atoms with E-state index in [4.69, 9.17) is 24.7 Å². The Kier molecular flexibility index (Phi) is 10.5. The molecule has 2 rings (SSSR count). The lowest BCUT2D eigenvalue weighted by Crippen LogP contribution is -2.31. The quantitative estimate of drug-likeness (QED) is 0.362. The molecule has 0 aliphatic heterocycles. The van der Waals surface area contributed by atoms with Crippen molar-refractivity contribution in [2.75, 3.05) is 47.6 Å². The van der Waals surface area contributed by atoms with E-state index in [0.29, 0.717) is 42.9 Å². The van der Waals surface area contributed by atoms with Gasteiger partial charge >= 0.3 is 0 Å². The summed E-state index contributed by atoms with van der Waals surface area (Å²) in [5, 5.41) is 3.13. The van der Waals surface area contributed by atoms with Crippen LogP contribution in [0.5, 0.6) is 23.0 Å². The summed E-state index contributed by atoms with van der Waals surface area (Å²) >= 11 is 0. The third-order valence-corrected chi connectivity index (χ3v) is 5.14. The molecule has 0 saturated heterocycles. The van der Waals surface area contributed by atoms with Gasteiger partial charge in [0.25, 0.3) is 0 Å². The Morgan fingerprint density at radius 2 is 1.47 bits per heavy atom. The van der Waals surface area contributed by atoms with Gasteiger partial charge in [0, 0.05) is 13.1 Å². The van der Waals surface area contributed by atoms with E-state index in [0.717, 1.165) is 36.5 Å². The summed E-state index contributed by atoms with van der Waals surface area (Å²) in [6.45, 7) is 8.77. The number of hydrogen-bond donors (Lipinski definition) is 2. The van der Waals surface area contributed by atoms with Gasteiger partial charge in [-0.1, -0.05) is 26.0 Å². The monoisotopic (exact) mass is 444 g/mol. The summed E-state index contributed by atoms with van der Waals surface area (Å²) in [6.07, 6.45) is 0. The van der Waals surface area contributed by atoms with Crippen molar-refractivity contribution >= 4 is 5.96 Å². The fourth-order valence-corrected chi connectivity index (χ4v) is 3.17. The fourth-order valence-electron chi connectivity index (χ4n) is 3.17. The van der Waals surface area contributed by atoms with Crippen molar-refractivity contribution in [1.82, 2.24) is 10.2 Å². The average molecular weight is 445 g/mol. The van der Waals surface area contributed by atoms with Gasteiger partial charge in [-0.25, -0.2) is 4.99 Å². The van der Waals surface area contributed by atoms with Crippen LogP contribution in [0.15, 0.2) is 41.4 Å². The van der Waals surface area contributed by atoms with E-state index in [9.17, 15) is 0 Å². The first-order chi connectivity index (χ1) is 15.5. The molecular formula is C24H36N4O4. The second-order valence-electron chi connectivity index (χ2n) is 7.10. The molecule has 8 nitrogen and oxygen atoms in total. The van der Waals surface area contributed by atoms with Crippen LogP contribution in [0, 0.1) is 0 Å². The lowest BCUT2D eigenvalue weighted by molar-refractivity contribution is 0.217. The molecule has 0 heterocycles. The number of nitrogens with one attached hydrogen (secondary N) is 1. The first kappa shape index (κ1) is 25.1. The Morgan fingerprint density at radius 1 is 0.875 bits per heavy atom. The molecule has 0 bridgehead atoms. The molecule has 0 amide bonds. The molecule has 0 radical (unpaired) electrons. The largest absolute Gasteiger partial charge is 0.493 e. The Balaban J connectivity index is 1.90. The van der Waals surface area contributed by atoms with Crippen molar-refractivity contribution in [1.29, 1.82) is 0 Å². The molecule has 0 aliphatic carbocycles. The maximum Gasteiger partial charge on any atom is 0.189 e. The molecule has 0 aliphatic rings. The molecule has 0 atom stereocenters. The molecule has 0 aromatic heterocycles. The summed E-state index contributed by atoms with van der Waals surface area (Å²) < 4.78 is 22.0. The van der Waals surface area contributed by atoms with Crippen LogP contribution in [0.2, 0.25) is 0 Å². The minimum atomic E-state index is 0.360. The summed E-state index contributed by atoms with van der Waals surface area (Å²) in [6, 6.07) is 11.5. The molecule has 0 spiro atoms. The molecule has 0 fully saturated rings. The highest BCUT2D eigenvalue weighted by Gasteiger charge is 2.08. The van der Waals surface area contributed by atoms with E-state index in [1.807, 2.05) is 36.4 Å². The predicted molar refractivity (Wildman–Crippen MR) is 128 cm³/mol. The molecular weight excluding hydrogens is 408 g/mol. The number of benzene rings is 2.